The first-order valence-electron chi connectivity index (χ1n) is 6.94. The van der Waals surface area contributed by atoms with Crippen LogP contribution >= 0.6 is 27.5 Å². The average molecular weight is 385 g/mol. The minimum absolute atomic E-state index is 0.00726. The number of halogens is 2. The first-order chi connectivity index (χ1) is 10.6. The minimum atomic E-state index is 0.00726. The van der Waals surface area contributed by atoms with Crippen molar-refractivity contribution in [2.75, 3.05) is 19.7 Å². The van der Waals surface area contributed by atoms with Gasteiger partial charge in [-0.3, -0.25) is 9.48 Å². The molecule has 0 spiro atoms. The highest BCUT2D eigenvalue weighted by atomic mass is 79.9. The van der Waals surface area contributed by atoms with Gasteiger partial charge in [0.15, 0.2) is 6.61 Å². The molecule has 0 aliphatic carbocycles. The molecule has 1 saturated heterocycles. The van der Waals surface area contributed by atoms with Crippen molar-refractivity contribution in [2.45, 2.75) is 6.54 Å². The lowest BCUT2D eigenvalue weighted by molar-refractivity contribution is -0.140. The Hall–Kier alpha value is -1.53. The molecule has 22 heavy (non-hydrogen) atoms. The molecule has 1 aliphatic heterocycles. The molecule has 3 rings (SSSR count). The molecule has 2 heterocycles. The molecule has 2 aromatic rings. The summed E-state index contributed by atoms with van der Waals surface area (Å²) in [6.45, 7) is 2.38. The third kappa shape index (κ3) is 3.81. The molecule has 1 amide bonds. The van der Waals surface area contributed by atoms with Crippen LogP contribution in [0.4, 0.5) is 0 Å². The molecule has 116 valence electrons. The maximum Gasteiger partial charge on any atom is 0.260 e. The number of rotatable bonds is 5. The minimum Gasteiger partial charge on any atom is -0.484 e. The van der Waals surface area contributed by atoms with E-state index in [-0.39, 0.29) is 12.5 Å². The van der Waals surface area contributed by atoms with Gasteiger partial charge in [0.25, 0.3) is 5.91 Å². The van der Waals surface area contributed by atoms with Crippen LogP contribution in [0, 0.1) is 5.92 Å². The molecule has 0 saturated carbocycles. The number of aromatic nitrogens is 2. The maximum atomic E-state index is 12.0. The van der Waals surface area contributed by atoms with Gasteiger partial charge >= 0.3 is 0 Å². The van der Waals surface area contributed by atoms with Gasteiger partial charge in [-0.05, 0) is 40.2 Å². The second-order valence-electron chi connectivity index (χ2n) is 5.29. The van der Waals surface area contributed by atoms with Crippen LogP contribution in [0.15, 0.2) is 41.1 Å². The van der Waals surface area contributed by atoms with Crippen molar-refractivity contribution >= 4 is 33.4 Å². The molecular weight excluding hydrogens is 370 g/mol. The van der Waals surface area contributed by atoms with E-state index in [1.54, 1.807) is 35.4 Å². The number of amides is 1. The van der Waals surface area contributed by atoms with Crippen LogP contribution in [-0.2, 0) is 11.3 Å². The number of ether oxygens (including phenoxy) is 1. The topological polar surface area (TPSA) is 47.4 Å². The molecule has 0 bridgehead atoms. The Morgan fingerprint density at radius 3 is 2.73 bits per heavy atom. The summed E-state index contributed by atoms with van der Waals surface area (Å²) < 4.78 is 8.32. The normalized spacial score (nSPS) is 14.7. The van der Waals surface area contributed by atoms with Gasteiger partial charge in [-0.2, -0.15) is 5.10 Å². The molecule has 1 fully saturated rings. The van der Waals surface area contributed by atoms with E-state index < -0.39 is 0 Å². The van der Waals surface area contributed by atoms with E-state index in [9.17, 15) is 4.79 Å². The highest BCUT2D eigenvalue weighted by Crippen LogP contribution is 2.20. The van der Waals surface area contributed by atoms with Gasteiger partial charge < -0.3 is 9.64 Å². The fraction of sp³-hybridized carbons (Fsp3) is 0.333. The van der Waals surface area contributed by atoms with E-state index in [2.05, 4.69) is 21.0 Å². The van der Waals surface area contributed by atoms with Crippen LogP contribution < -0.4 is 4.74 Å². The number of benzene rings is 1. The predicted molar refractivity (Wildman–Crippen MR) is 86.9 cm³/mol. The maximum absolute atomic E-state index is 12.0. The summed E-state index contributed by atoms with van der Waals surface area (Å²) >= 11 is 9.17. The first kappa shape index (κ1) is 15.4. The van der Waals surface area contributed by atoms with E-state index in [1.165, 1.54) is 0 Å². The van der Waals surface area contributed by atoms with Gasteiger partial charge in [0, 0.05) is 36.8 Å². The van der Waals surface area contributed by atoms with Crippen LogP contribution in [0.2, 0.25) is 5.02 Å². The van der Waals surface area contributed by atoms with E-state index in [0.29, 0.717) is 16.7 Å². The van der Waals surface area contributed by atoms with Crippen molar-refractivity contribution in [1.29, 1.82) is 0 Å². The molecule has 7 heteroatoms. The van der Waals surface area contributed by atoms with Crippen LogP contribution in [0.1, 0.15) is 0 Å². The number of carbonyl (C=O) groups excluding carboxylic acids is 1. The first-order valence-corrected chi connectivity index (χ1v) is 8.11. The smallest absolute Gasteiger partial charge is 0.260 e. The van der Waals surface area contributed by atoms with Gasteiger partial charge in [-0.25, -0.2) is 0 Å². The second-order valence-corrected chi connectivity index (χ2v) is 6.64. The molecule has 5 nitrogen and oxygen atoms in total. The van der Waals surface area contributed by atoms with Crippen molar-refractivity contribution in [3.05, 3.63) is 46.2 Å². The molecule has 0 radical (unpaired) electrons. The summed E-state index contributed by atoms with van der Waals surface area (Å²) in [5, 5.41) is 4.87. The van der Waals surface area contributed by atoms with Gasteiger partial charge in [0.1, 0.15) is 5.75 Å². The summed E-state index contributed by atoms with van der Waals surface area (Å²) in [6, 6.07) is 6.99. The largest absolute Gasteiger partial charge is 0.484 e. The summed E-state index contributed by atoms with van der Waals surface area (Å²) in [5.41, 5.74) is 0. The van der Waals surface area contributed by atoms with Crippen LogP contribution in [-0.4, -0.2) is 40.3 Å². The lowest BCUT2D eigenvalue weighted by atomic mass is 10.0. The van der Waals surface area contributed by atoms with E-state index in [1.807, 2.05) is 10.9 Å². The number of hydrogen-bond donors (Lipinski definition) is 0. The molecule has 0 unspecified atom stereocenters. The fourth-order valence-corrected chi connectivity index (χ4v) is 2.81. The third-order valence-corrected chi connectivity index (χ3v) is 4.19. The van der Waals surface area contributed by atoms with Gasteiger partial charge in [-0.15, -0.1) is 0 Å². The van der Waals surface area contributed by atoms with Crippen molar-refractivity contribution in [2.24, 2.45) is 5.92 Å². The van der Waals surface area contributed by atoms with Crippen molar-refractivity contribution in [1.82, 2.24) is 14.7 Å². The SMILES string of the molecule is O=C(COc1ccc(Cl)cc1)N1CC(Cn2cc(Br)cn2)C1. The van der Waals surface area contributed by atoms with Crippen molar-refractivity contribution < 1.29 is 9.53 Å². The zero-order valence-electron chi connectivity index (χ0n) is 11.8. The Morgan fingerprint density at radius 1 is 1.36 bits per heavy atom. The molecule has 0 N–H and O–H groups in total. The van der Waals surface area contributed by atoms with E-state index >= 15 is 0 Å². The summed E-state index contributed by atoms with van der Waals surface area (Å²) in [5.74, 6) is 1.11. The molecule has 1 aromatic heterocycles. The zero-order chi connectivity index (χ0) is 15.5. The van der Waals surface area contributed by atoms with Crippen LogP contribution in [0.3, 0.4) is 0 Å². The molecule has 1 aliphatic rings. The molecule has 1 aromatic carbocycles. The Kier molecular flexibility index (Phi) is 4.69. The highest BCUT2D eigenvalue weighted by Gasteiger charge is 2.31. The number of carbonyl (C=O) groups is 1. The monoisotopic (exact) mass is 383 g/mol. The highest BCUT2D eigenvalue weighted by molar-refractivity contribution is 9.10. The summed E-state index contributed by atoms with van der Waals surface area (Å²) in [7, 11) is 0. The number of hydrogen-bond acceptors (Lipinski definition) is 3. The van der Waals surface area contributed by atoms with Gasteiger partial charge in [-0.1, -0.05) is 11.6 Å². The Bertz CT molecular complexity index is 653. The standard InChI is InChI=1S/C15H15BrClN3O2/c16-12-5-18-20(9-12)8-11-6-19(7-11)15(21)10-22-14-3-1-13(17)2-4-14/h1-5,9,11H,6-8,10H2. The lowest BCUT2D eigenvalue weighted by Gasteiger charge is -2.39. The van der Waals surface area contributed by atoms with E-state index in [0.717, 1.165) is 24.1 Å². The van der Waals surface area contributed by atoms with Crippen molar-refractivity contribution in [3.63, 3.8) is 0 Å². The third-order valence-electron chi connectivity index (χ3n) is 3.53. The Balaban J connectivity index is 1.40. The van der Waals surface area contributed by atoms with Gasteiger partial charge in [0.05, 0.1) is 10.7 Å². The number of likely N-dealkylation sites (tertiary alicyclic amines) is 1. The van der Waals surface area contributed by atoms with Crippen molar-refractivity contribution in [3.8, 4) is 5.75 Å². The van der Waals surface area contributed by atoms with Crippen LogP contribution in [0.25, 0.3) is 0 Å². The second kappa shape index (κ2) is 6.71. The fourth-order valence-electron chi connectivity index (χ4n) is 2.36. The van der Waals surface area contributed by atoms with E-state index in [4.69, 9.17) is 16.3 Å². The molecule has 0 atom stereocenters. The van der Waals surface area contributed by atoms with Crippen LogP contribution in [0.5, 0.6) is 5.75 Å². The number of nitrogens with zero attached hydrogens (tertiary/aromatic N) is 3. The van der Waals surface area contributed by atoms with Gasteiger partial charge in [0.2, 0.25) is 0 Å². The average Bonchev–Trinajstić information content (AvgIpc) is 2.87. The Labute approximate surface area is 141 Å². The predicted octanol–water partition coefficient (Wildman–Crippen LogP) is 2.84. The molecular formula is C15H15BrClN3O2. The summed E-state index contributed by atoms with van der Waals surface area (Å²) in [6.07, 6.45) is 3.70. The quantitative estimate of drug-likeness (QED) is 0.796. The zero-order valence-corrected chi connectivity index (χ0v) is 14.1. The Morgan fingerprint density at radius 2 is 2.09 bits per heavy atom. The lowest BCUT2D eigenvalue weighted by Crippen LogP contribution is -2.52. The summed E-state index contributed by atoms with van der Waals surface area (Å²) in [4.78, 5) is 13.8.